The molecular weight excluding hydrogens is 226 g/mol. The molecule has 0 aromatic carbocycles. The average molecular weight is 251 g/mol. The molecule has 0 aliphatic carbocycles. The van der Waals surface area contributed by atoms with E-state index in [9.17, 15) is 0 Å². The number of rotatable bonds is 6. The normalized spacial score (nSPS) is 12.2. The predicted molar refractivity (Wildman–Crippen MR) is 73.3 cm³/mol. The first-order valence-corrected chi connectivity index (χ1v) is 6.66. The molecule has 4 nitrogen and oxygen atoms in total. The fourth-order valence-corrected chi connectivity index (χ4v) is 2.24. The Bertz CT molecular complexity index is 378. The van der Waals surface area contributed by atoms with Crippen LogP contribution in [0.25, 0.3) is 0 Å². The number of nitrogens with two attached hydrogens (primary N) is 1. The van der Waals surface area contributed by atoms with E-state index in [-0.39, 0.29) is 5.60 Å². The molecule has 0 saturated carbocycles. The summed E-state index contributed by atoms with van der Waals surface area (Å²) in [5.41, 5.74) is 7.41. The predicted octanol–water partition coefficient (Wildman–Crippen LogP) is 2.72. The highest BCUT2D eigenvalue weighted by molar-refractivity contribution is 5.22. The van der Waals surface area contributed by atoms with Gasteiger partial charge < -0.3 is 10.5 Å². The quantitative estimate of drug-likeness (QED) is 0.844. The molecule has 0 bridgehead atoms. The molecule has 4 heteroatoms. The number of hydrogen-bond donors (Lipinski definition) is 1. The average Bonchev–Trinajstić information content (AvgIpc) is 2.41. The Morgan fingerprint density at radius 2 is 1.94 bits per heavy atom. The van der Waals surface area contributed by atoms with Gasteiger partial charge in [0.1, 0.15) is 5.60 Å². The van der Waals surface area contributed by atoms with Crippen molar-refractivity contribution in [2.45, 2.75) is 58.6 Å². The molecule has 0 unspecified atom stereocenters. The van der Waals surface area contributed by atoms with E-state index in [2.05, 4.69) is 32.7 Å². The van der Waals surface area contributed by atoms with Gasteiger partial charge in [0.15, 0.2) is 5.82 Å². The van der Waals surface area contributed by atoms with Gasteiger partial charge in [-0.3, -0.25) is 0 Å². The molecule has 102 valence electrons. The molecule has 1 aromatic heterocycles. The van der Waals surface area contributed by atoms with Crippen molar-refractivity contribution in [3.63, 3.8) is 0 Å². The van der Waals surface area contributed by atoms with E-state index in [4.69, 9.17) is 15.5 Å². The van der Waals surface area contributed by atoms with Crippen molar-refractivity contribution >= 4 is 0 Å². The van der Waals surface area contributed by atoms with Gasteiger partial charge in [-0.15, -0.1) is 0 Å². The lowest BCUT2D eigenvalue weighted by Gasteiger charge is -2.29. The van der Waals surface area contributed by atoms with Gasteiger partial charge in [-0.25, -0.2) is 9.97 Å². The van der Waals surface area contributed by atoms with Crippen LogP contribution in [0.1, 0.15) is 63.5 Å². The minimum atomic E-state index is -0.378. The van der Waals surface area contributed by atoms with Crippen molar-refractivity contribution in [1.29, 1.82) is 0 Å². The van der Waals surface area contributed by atoms with E-state index < -0.39 is 0 Å². The van der Waals surface area contributed by atoms with Gasteiger partial charge in [0.2, 0.25) is 0 Å². The molecule has 0 aliphatic rings. The van der Waals surface area contributed by atoms with E-state index >= 15 is 0 Å². The second-order valence-corrected chi connectivity index (χ2v) is 4.87. The number of methoxy groups -OCH3 is 1. The SMILES string of the molecule is CCC(CC)(OC)c1ncc(CN)c(C(C)C)n1. The minimum Gasteiger partial charge on any atom is -0.370 e. The number of ether oxygens (including phenoxy) is 1. The standard InChI is InChI=1S/C14H25N3O/c1-6-14(7-2,18-5)13-16-9-11(8-15)12(17-13)10(3)4/h9-10H,6-8,15H2,1-5H3. The zero-order chi connectivity index (χ0) is 13.8. The zero-order valence-electron chi connectivity index (χ0n) is 12.2. The molecule has 18 heavy (non-hydrogen) atoms. The van der Waals surface area contributed by atoms with Crippen LogP contribution in [0.2, 0.25) is 0 Å². The first kappa shape index (κ1) is 15.1. The Hall–Kier alpha value is -1.00. The second kappa shape index (κ2) is 6.25. The Kier molecular flexibility index (Phi) is 5.23. The first-order chi connectivity index (χ1) is 8.54. The van der Waals surface area contributed by atoms with Gasteiger partial charge in [0, 0.05) is 25.4 Å². The minimum absolute atomic E-state index is 0.341. The van der Waals surface area contributed by atoms with Crippen LogP contribution in [0.5, 0.6) is 0 Å². The van der Waals surface area contributed by atoms with E-state index in [1.54, 1.807) is 7.11 Å². The molecule has 0 amide bonds. The molecule has 0 atom stereocenters. The maximum absolute atomic E-state index is 5.73. The summed E-state index contributed by atoms with van der Waals surface area (Å²) in [6.45, 7) is 8.92. The Morgan fingerprint density at radius 3 is 2.33 bits per heavy atom. The Balaban J connectivity index is 3.30. The van der Waals surface area contributed by atoms with Gasteiger partial charge in [-0.05, 0) is 18.8 Å². The van der Waals surface area contributed by atoms with Gasteiger partial charge in [-0.2, -0.15) is 0 Å². The smallest absolute Gasteiger partial charge is 0.160 e. The van der Waals surface area contributed by atoms with Crippen molar-refractivity contribution in [3.8, 4) is 0 Å². The molecule has 1 aromatic rings. The van der Waals surface area contributed by atoms with Crippen LogP contribution in [-0.2, 0) is 16.9 Å². The largest absolute Gasteiger partial charge is 0.370 e. The fourth-order valence-electron chi connectivity index (χ4n) is 2.24. The third-order valence-corrected chi connectivity index (χ3v) is 3.61. The van der Waals surface area contributed by atoms with Crippen molar-refractivity contribution < 1.29 is 4.74 Å². The summed E-state index contributed by atoms with van der Waals surface area (Å²) < 4.78 is 5.67. The highest BCUT2D eigenvalue weighted by Crippen LogP contribution is 2.31. The lowest BCUT2D eigenvalue weighted by molar-refractivity contribution is -0.0293. The summed E-state index contributed by atoms with van der Waals surface area (Å²) in [6, 6.07) is 0. The molecule has 0 saturated heterocycles. The Morgan fingerprint density at radius 1 is 1.33 bits per heavy atom. The molecule has 1 heterocycles. The maximum atomic E-state index is 5.73. The van der Waals surface area contributed by atoms with Gasteiger partial charge in [-0.1, -0.05) is 27.7 Å². The van der Waals surface area contributed by atoms with Crippen molar-refractivity contribution in [2.24, 2.45) is 5.73 Å². The molecule has 0 radical (unpaired) electrons. The summed E-state index contributed by atoms with van der Waals surface area (Å²) in [6.07, 6.45) is 3.57. The highest BCUT2D eigenvalue weighted by atomic mass is 16.5. The van der Waals surface area contributed by atoms with Crippen LogP contribution < -0.4 is 5.73 Å². The van der Waals surface area contributed by atoms with E-state index in [1.165, 1.54) is 0 Å². The van der Waals surface area contributed by atoms with Crippen LogP contribution in [0.15, 0.2) is 6.20 Å². The lowest BCUT2D eigenvalue weighted by Crippen LogP contribution is -2.30. The molecule has 1 rings (SSSR count). The second-order valence-electron chi connectivity index (χ2n) is 4.87. The summed E-state index contributed by atoms with van der Waals surface area (Å²) in [4.78, 5) is 9.17. The van der Waals surface area contributed by atoms with Crippen molar-refractivity contribution in [2.75, 3.05) is 7.11 Å². The molecule has 2 N–H and O–H groups in total. The van der Waals surface area contributed by atoms with Gasteiger partial charge in [0.05, 0.1) is 5.69 Å². The highest BCUT2D eigenvalue weighted by Gasteiger charge is 2.32. The molecular formula is C14H25N3O. The van der Waals surface area contributed by atoms with Crippen molar-refractivity contribution in [3.05, 3.63) is 23.3 Å². The van der Waals surface area contributed by atoms with E-state index in [1.807, 2.05) is 6.20 Å². The van der Waals surface area contributed by atoms with Crippen LogP contribution >= 0.6 is 0 Å². The third-order valence-electron chi connectivity index (χ3n) is 3.61. The van der Waals surface area contributed by atoms with E-state index in [0.29, 0.717) is 12.5 Å². The van der Waals surface area contributed by atoms with E-state index in [0.717, 1.165) is 29.9 Å². The molecule has 0 fully saturated rings. The number of hydrogen-bond acceptors (Lipinski definition) is 4. The van der Waals surface area contributed by atoms with Gasteiger partial charge >= 0.3 is 0 Å². The topological polar surface area (TPSA) is 61.0 Å². The summed E-state index contributed by atoms with van der Waals surface area (Å²) in [7, 11) is 1.72. The lowest BCUT2D eigenvalue weighted by atomic mass is 9.95. The molecule has 0 spiro atoms. The van der Waals surface area contributed by atoms with Crippen LogP contribution in [0.4, 0.5) is 0 Å². The zero-order valence-corrected chi connectivity index (χ0v) is 12.2. The fraction of sp³-hybridized carbons (Fsp3) is 0.714. The Labute approximate surface area is 110 Å². The van der Waals surface area contributed by atoms with Crippen molar-refractivity contribution in [1.82, 2.24) is 9.97 Å². The van der Waals surface area contributed by atoms with Crippen LogP contribution in [0, 0.1) is 0 Å². The first-order valence-electron chi connectivity index (χ1n) is 6.66. The number of aromatic nitrogens is 2. The summed E-state index contributed by atoms with van der Waals surface area (Å²) >= 11 is 0. The van der Waals surface area contributed by atoms with Crippen LogP contribution in [0.3, 0.4) is 0 Å². The monoisotopic (exact) mass is 251 g/mol. The van der Waals surface area contributed by atoms with Gasteiger partial charge in [0.25, 0.3) is 0 Å². The van der Waals surface area contributed by atoms with Crippen LogP contribution in [-0.4, -0.2) is 17.1 Å². The maximum Gasteiger partial charge on any atom is 0.160 e. The third kappa shape index (κ3) is 2.70. The summed E-state index contributed by atoms with van der Waals surface area (Å²) in [5.74, 6) is 1.12. The summed E-state index contributed by atoms with van der Waals surface area (Å²) in [5, 5.41) is 0. The number of nitrogens with zero attached hydrogens (tertiary/aromatic N) is 2. The molecule has 0 aliphatic heterocycles.